The molecule has 2 heterocycles. The molecule has 5 nitrogen and oxygen atoms in total. The Labute approximate surface area is 106 Å². The zero-order valence-electron chi connectivity index (χ0n) is 11.0. The molecule has 0 amide bonds. The van der Waals surface area contributed by atoms with E-state index in [0.717, 1.165) is 23.3 Å². The maximum Gasteiger partial charge on any atom is 0.154 e. The van der Waals surface area contributed by atoms with Crippen molar-refractivity contribution in [2.75, 3.05) is 5.32 Å². The van der Waals surface area contributed by atoms with Crippen LogP contribution in [0.5, 0.6) is 0 Å². The molecule has 0 bridgehead atoms. The Morgan fingerprint density at radius 2 is 2.22 bits per heavy atom. The van der Waals surface area contributed by atoms with Crippen molar-refractivity contribution in [2.45, 2.75) is 32.4 Å². The summed E-state index contributed by atoms with van der Waals surface area (Å²) in [4.78, 5) is 8.81. The molecule has 2 atom stereocenters. The number of hydrogen-bond donors (Lipinski definition) is 2. The summed E-state index contributed by atoms with van der Waals surface area (Å²) in [6.45, 7) is 4.38. The third-order valence-electron chi connectivity index (χ3n) is 4.30. The lowest BCUT2D eigenvalue weighted by Crippen LogP contribution is -2.61. The first-order valence-corrected chi connectivity index (χ1v) is 6.28. The summed E-state index contributed by atoms with van der Waals surface area (Å²) in [5, 5.41) is 3.49. The van der Waals surface area contributed by atoms with Crippen molar-refractivity contribution >= 4 is 16.9 Å². The number of fused-ring (bicyclic) bond motifs is 1. The molecule has 3 N–H and O–H groups in total. The fourth-order valence-electron chi connectivity index (χ4n) is 2.54. The van der Waals surface area contributed by atoms with Crippen LogP contribution in [0.3, 0.4) is 0 Å². The molecule has 5 heteroatoms. The summed E-state index contributed by atoms with van der Waals surface area (Å²) in [6, 6.07) is 2.61. The van der Waals surface area contributed by atoms with Crippen molar-refractivity contribution in [3.8, 4) is 0 Å². The largest absolute Gasteiger partial charge is 0.365 e. The lowest BCUT2D eigenvalue weighted by molar-refractivity contribution is 0.117. The van der Waals surface area contributed by atoms with E-state index in [0.29, 0.717) is 6.04 Å². The molecule has 2 aromatic rings. The van der Waals surface area contributed by atoms with E-state index >= 15 is 0 Å². The minimum atomic E-state index is 0.110. The van der Waals surface area contributed by atoms with Gasteiger partial charge in [0, 0.05) is 30.7 Å². The van der Waals surface area contributed by atoms with Crippen molar-refractivity contribution in [1.82, 2.24) is 14.5 Å². The van der Waals surface area contributed by atoms with E-state index in [1.807, 2.05) is 30.2 Å². The van der Waals surface area contributed by atoms with Crippen LogP contribution in [0.25, 0.3) is 11.0 Å². The lowest BCUT2D eigenvalue weighted by Gasteiger charge is -2.50. The molecule has 1 aliphatic rings. The maximum absolute atomic E-state index is 6.04. The summed E-state index contributed by atoms with van der Waals surface area (Å²) in [5.74, 6) is 0.859. The van der Waals surface area contributed by atoms with Crippen LogP contribution in [0.4, 0.5) is 5.82 Å². The van der Waals surface area contributed by atoms with E-state index < -0.39 is 0 Å². The van der Waals surface area contributed by atoms with Crippen molar-refractivity contribution in [1.29, 1.82) is 0 Å². The van der Waals surface area contributed by atoms with Gasteiger partial charge in [-0.3, -0.25) is 0 Å². The fourth-order valence-corrected chi connectivity index (χ4v) is 2.54. The first kappa shape index (κ1) is 11.5. The van der Waals surface area contributed by atoms with Crippen LogP contribution in [0, 0.1) is 5.41 Å². The second-order valence-corrected chi connectivity index (χ2v) is 5.74. The molecule has 3 rings (SSSR count). The van der Waals surface area contributed by atoms with Crippen molar-refractivity contribution in [3.63, 3.8) is 0 Å². The van der Waals surface area contributed by atoms with Gasteiger partial charge in [0.25, 0.3) is 0 Å². The Morgan fingerprint density at radius 3 is 2.89 bits per heavy atom. The second-order valence-electron chi connectivity index (χ2n) is 5.74. The topological polar surface area (TPSA) is 68.8 Å². The molecule has 1 fully saturated rings. The number of aromatic nitrogens is 3. The highest BCUT2D eigenvalue weighted by molar-refractivity contribution is 5.85. The predicted octanol–water partition coefficient (Wildman–Crippen LogP) is 1.51. The number of hydrogen-bond acceptors (Lipinski definition) is 4. The molecular formula is C13H19N5. The number of nitrogens with zero attached hydrogens (tertiary/aromatic N) is 3. The molecule has 0 saturated heterocycles. The standard InChI is InChI=1S/C13H19N5/c1-13(2)9(14)6-10(13)17-12-11-8(4-5-15-12)18(3)7-16-11/h4-5,7,9-10H,6,14H2,1-3H3,(H,15,17). The number of nitrogens with one attached hydrogen (secondary N) is 1. The first-order valence-electron chi connectivity index (χ1n) is 6.28. The minimum Gasteiger partial charge on any atom is -0.365 e. The third-order valence-corrected chi connectivity index (χ3v) is 4.30. The number of rotatable bonds is 2. The molecule has 0 radical (unpaired) electrons. The van der Waals surface area contributed by atoms with Gasteiger partial charge in [-0.2, -0.15) is 0 Å². The van der Waals surface area contributed by atoms with Crippen LogP contribution in [-0.4, -0.2) is 26.6 Å². The summed E-state index contributed by atoms with van der Waals surface area (Å²) in [6.07, 6.45) is 4.62. The molecule has 96 valence electrons. The normalized spacial score (nSPS) is 26.0. The molecule has 1 aliphatic carbocycles. The van der Waals surface area contributed by atoms with Gasteiger partial charge in [-0.15, -0.1) is 0 Å². The van der Waals surface area contributed by atoms with Crippen LogP contribution in [0.15, 0.2) is 18.6 Å². The highest BCUT2D eigenvalue weighted by atomic mass is 15.1. The Hall–Kier alpha value is -1.62. The Balaban J connectivity index is 1.92. The SMILES string of the molecule is Cn1cnc2c(NC3CC(N)C3(C)C)nccc21. The van der Waals surface area contributed by atoms with Gasteiger partial charge in [-0.1, -0.05) is 13.8 Å². The number of anilines is 1. The van der Waals surface area contributed by atoms with E-state index in [2.05, 4.69) is 29.1 Å². The van der Waals surface area contributed by atoms with Gasteiger partial charge in [0.1, 0.15) is 5.52 Å². The number of pyridine rings is 1. The Morgan fingerprint density at radius 1 is 1.44 bits per heavy atom. The van der Waals surface area contributed by atoms with E-state index in [-0.39, 0.29) is 11.5 Å². The maximum atomic E-state index is 6.04. The molecule has 0 aromatic carbocycles. The van der Waals surface area contributed by atoms with Crippen LogP contribution >= 0.6 is 0 Å². The molecule has 1 saturated carbocycles. The zero-order valence-corrected chi connectivity index (χ0v) is 11.0. The Bertz CT molecular complexity index is 586. The van der Waals surface area contributed by atoms with Gasteiger partial charge >= 0.3 is 0 Å². The minimum absolute atomic E-state index is 0.110. The van der Waals surface area contributed by atoms with Crippen molar-refractivity contribution < 1.29 is 0 Å². The highest BCUT2D eigenvalue weighted by Gasteiger charge is 2.46. The quantitative estimate of drug-likeness (QED) is 0.841. The predicted molar refractivity (Wildman–Crippen MR) is 72.3 cm³/mol. The van der Waals surface area contributed by atoms with Crippen molar-refractivity contribution in [2.24, 2.45) is 18.2 Å². The summed E-state index contributed by atoms with van der Waals surface area (Å²) in [7, 11) is 1.99. The Kier molecular flexibility index (Phi) is 2.35. The number of imidazole rings is 1. The van der Waals surface area contributed by atoms with Gasteiger partial charge in [0.15, 0.2) is 5.82 Å². The van der Waals surface area contributed by atoms with E-state index in [1.54, 1.807) is 0 Å². The molecule has 2 unspecified atom stereocenters. The zero-order chi connectivity index (χ0) is 12.9. The smallest absolute Gasteiger partial charge is 0.154 e. The van der Waals surface area contributed by atoms with Crippen LogP contribution in [0.2, 0.25) is 0 Å². The van der Waals surface area contributed by atoms with Crippen LogP contribution in [0.1, 0.15) is 20.3 Å². The second kappa shape index (κ2) is 3.68. The van der Waals surface area contributed by atoms with Gasteiger partial charge in [-0.25, -0.2) is 9.97 Å². The summed E-state index contributed by atoms with van der Waals surface area (Å²) >= 11 is 0. The highest BCUT2D eigenvalue weighted by Crippen LogP contribution is 2.41. The van der Waals surface area contributed by atoms with Gasteiger partial charge in [-0.05, 0) is 12.5 Å². The van der Waals surface area contributed by atoms with Gasteiger partial charge in [0.05, 0.1) is 11.8 Å². The fraction of sp³-hybridized carbons (Fsp3) is 0.538. The lowest BCUT2D eigenvalue weighted by atomic mass is 9.63. The summed E-state index contributed by atoms with van der Waals surface area (Å²) in [5.41, 5.74) is 8.17. The van der Waals surface area contributed by atoms with Crippen LogP contribution < -0.4 is 11.1 Å². The van der Waals surface area contributed by atoms with E-state index in [1.165, 1.54) is 0 Å². The average Bonchev–Trinajstić information content (AvgIpc) is 2.72. The van der Waals surface area contributed by atoms with Gasteiger partial charge < -0.3 is 15.6 Å². The molecule has 2 aromatic heterocycles. The van der Waals surface area contributed by atoms with E-state index in [9.17, 15) is 0 Å². The first-order chi connectivity index (χ1) is 8.50. The van der Waals surface area contributed by atoms with Crippen molar-refractivity contribution in [3.05, 3.63) is 18.6 Å². The number of aryl methyl sites for hydroxylation is 1. The number of nitrogens with two attached hydrogens (primary N) is 1. The van der Waals surface area contributed by atoms with Gasteiger partial charge in [0.2, 0.25) is 0 Å². The molecular weight excluding hydrogens is 226 g/mol. The average molecular weight is 245 g/mol. The third kappa shape index (κ3) is 1.50. The van der Waals surface area contributed by atoms with E-state index in [4.69, 9.17) is 5.73 Å². The molecule has 0 spiro atoms. The molecule has 0 aliphatic heterocycles. The molecule has 18 heavy (non-hydrogen) atoms. The summed E-state index contributed by atoms with van der Waals surface area (Å²) < 4.78 is 2.00. The van der Waals surface area contributed by atoms with Crippen LogP contribution in [-0.2, 0) is 7.05 Å². The monoisotopic (exact) mass is 245 g/mol.